The number of hydrogen-bond acceptors (Lipinski definition) is 5. The molecule has 4 aromatic rings. The van der Waals surface area contributed by atoms with Crippen LogP contribution in [0.25, 0.3) is 11.1 Å². The number of phenols is 2. The Morgan fingerprint density at radius 2 is 1.21 bits per heavy atom. The maximum Gasteiger partial charge on any atom is 0.269 e. The Labute approximate surface area is 191 Å². The highest BCUT2D eigenvalue weighted by Crippen LogP contribution is 2.57. The molecule has 0 fully saturated rings. The lowest BCUT2D eigenvalue weighted by Crippen LogP contribution is -2.29. The minimum atomic E-state index is -0.871. The van der Waals surface area contributed by atoms with Crippen LogP contribution in [0.15, 0.2) is 84.9 Å². The highest BCUT2D eigenvalue weighted by atomic mass is 16.6. The van der Waals surface area contributed by atoms with Gasteiger partial charge in [0.15, 0.2) is 0 Å². The van der Waals surface area contributed by atoms with Crippen LogP contribution in [0.3, 0.4) is 0 Å². The molecule has 5 rings (SSSR count). The molecule has 4 aromatic carbocycles. The molecule has 0 saturated carbocycles. The molecule has 6 heteroatoms. The zero-order valence-electron chi connectivity index (χ0n) is 18.2. The van der Waals surface area contributed by atoms with E-state index in [1.165, 1.54) is 6.07 Å². The summed E-state index contributed by atoms with van der Waals surface area (Å²) >= 11 is 0. The number of phenolic OH excluding ortho intramolecular Hbond substituents is 2. The summed E-state index contributed by atoms with van der Waals surface area (Å²) in [6.07, 6.45) is 0. The summed E-state index contributed by atoms with van der Waals surface area (Å²) in [4.78, 5) is 13.4. The van der Waals surface area contributed by atoms with Gasteiger partial charge in [-0.05, 0) is 75.8 Å². The molecular formula is C27H22N2O4. The van der Waals surface area contributed by atoms with E-state index >= 15 is 0 Å². The standard InChI is InChI=1S/C27H22N2O4/c1-28(2)19-7-13-23-24-14-8-20(29(32)33)16-26(24)27(25(23)15-19,17-3-9-21(30)10-4-17)18-5-11-22(31)12-6-18/h3-16,30-31H,1-2H3. The van der Waals surface area contributed by atoms with E-state index in [9.17, 15) is 20.3 Å². The van der Waals surface area contributed by atoms with Crippen molar-refractivity contribution in [2.75, 3.05) is 19.0 Å². The number of aromatic hydroxyl groups is 2. The van der Waals surface area contributed by atoms with Crippen LogP contribution < -0.4 is 4.90 Å². The quantitative estimate of drug-likeness (QED) is 0.288. The minimum absolute atomic E-state index is 0.0105. The Bertz CT molecular complexity index is 1330. The number of anilines is 1. The van der Waals surface area contributed by atoms with Crippen LogP contribution >= 0.6 is 0 Å². The lowest BCUT2D eigenvalue weighted by Gasteiger charge is -2.34. The summed E-state index contributed by atoms with van der Waals surface area (Å²) in [6, 6.07) is 25.1. The molecule has 0 aliphatic heterocycles. The van der Waals surface area contributed by atoms with Crippen molar-refractivity contribution in [3.05, 3.63) is 117 Å². The fourth-order valence-corrected chi connectivity index (χ4v) is 4.90. The average Bonchev–Trinajstić information content (AvgIpc) is 3.10. The SMILES string of the molecule is CN(C)c1ccc2c(c1)C(c1ccc(O)cc1)(c1ccc(O)cc1)c1cc([N+](=O)[O-])ccc1-2. The summed E-state index contributed by atoms with van der Waals surface area (Å²) in [5.74, 6) is 0.276. The largest absolute Gasteiger partial charge is 0.508 e. The molecule has 1 aliphatic carbocycles. The second-order valence-electron chi connectivity index (χ2n) is 8.46. The molecule has 33 heavy (non-hydrogen) atoms. The molecule has 2 N–H and O–H groups in total. The molecule has 0 saturated heterocycles. The number of nitro groups is 1. The van der Waals surface area contributed by atoms with E-state index in [1.807, 2.05) is 55.4 Å². The summed E-state index contributed by atoms with van der Waals surface area (Å²) < 4.78 is 0. The molecule has 0 aromatic heterocycles. The van der Waals surface area contributed by atoms with Gasteiger partial charge in [0.25, 0.3) is 5.69 Å². The van der Waals surface area contributed by atoms with Crippen LogP contribution in [-0.2, 0) is 5.41 Å². The second kappa shape index (κ2) is 7.38. The third kappa shape index (κ3) is 3.03. The van der Waals surface area contributed by atoms with Crippen molar-refractivity contribution in [2.45, 2.75) is 5.41 Å². The molecule has 164 valence electrons. The number of rotatable bonds is 4. The number of nitro benzene ring substituents is 1. The first-order chi connectivity index (χ1) is 15.8. The predicted octanol–water partition coefficient (Wildman–Crippen LogP) is 5.44. The maximum absolute atomic E-state index is 11.7. The summed E-state index contributed by atoms with van der Waals surface area (Å²) in [6.45, 7) is 0. The first-order valence-electron chi connectivity index (χ1n) is 10.5. The Kier molecular flexibility index (Phi) is 4.60. The Balaban J connectivity index is 1.96. The average molecular weight is 438 g/mol. The van der Waals surface area contributed by atoms with Gasteiger partial charge in [-0.1, -0.05) is 30.3 Å². The Hall–Kier alpha value is -4.32. The van der Waals surface area contributed by atoms with E-state index in [2.05, 4.69) is 12.1 Å². The first kappa shape index (κ1) is 20.6. The van der Waals surface area contributed by atoms with Gasteiger partial charge in [0.2, 0.25) is 0 Å². The second-order valence-corrected chi connectivity index (χ2v) is 8.46. The van der Waals surface area contributed by atoms with Crippen molar-refractivity contribution in [1.29, 1.82) is 0 Å². The molecule has 0 unspecified atom stereocenters. The first-order valence-corrected chi connectivity index (χ1v) is 10.5. The van der Waals surface area contributed by atoms with Crippen LogP contribution in [0, 0.1) is 10.1 Å². The van der Waals surface area contributed by atoms with Crippen LogP contribution in [0.5, 0.6) is 11.5 Å². The van der Waals surface area contributed by atoms with Crippen LogP contribution in [0.2, 0.25) is 0 Å². The molecule has 1 aliphatic rings. The number of fused-ring (bicyclic) bond motifs is 3. The lowest BCUT2D eigenvalue weighted by atomic mass is 9.67. The van der Waals surface area contributed by atoms with E-state index in [4.69, 9.17) is 0 Å². The molecule has 6 nitrogen and oxygen atoms in total. The molecular weight excluding hydrogens is 416 g/mol. The number of non-ortho nitro benzene ring substituents is 1. The molecule has 0 spiro atoms. The number of benzene rings is 4. The van der Waals surface area contributed by atoms with E-state index < -0.39 is 5.41 Å². The monoisotopic (exact) mass is 438 g/mol. The Morgan fingerprint density at radius 1 is 0.727 bits per heavy atom. The molecule has 0 atom stereocenters. The van der Waals surface area contributed by atoms with Crippen LogP contribution in [0.1, 0.15) is 22.3 Å². The fraction of sp³-hybridized carbons (Fsp3) is 0.111. The van der Waals surface area contributed by atoms with E-state index in [0.717, 1.165) is 39.1 Å². The minimum Gasteiger partial charge on any atom is -0.508 e. The van der Waals surface area contributed by atoms with Gasteiger partial charge in [-0.3, -0.25) is 10.1 Å². The van der Waals surface area contributed by atoms with Gasteiger partial charge in [-0.2, -0.15) is 0 Å². The maximum atomic E-state index is 11.7. The van der Waals surface area contributed by atoms with Crippen molar-refractivity contribution < 1.29 is 15.1 Å². The van der Waals surface area contributed by atoms with Gasteiger partial charge in [-0.15, -0.1) is 0 Å². The third-order valence-electron chi connectivity index (χ3n) is 6.43. The number of nitrogens with zero attached hydrogens (tertiary/aromatic N) is 2. The van der Waals surface area contributed by atoms with Gasteiger partial charge in [0, 0.05) is 31.9 Å². The van der Waals surface area contributed by atoms with Gasteiger partial charge < -0.3 is 15.1 Å². The molecule has 0 amide bonds. The zero-order chi connectivity index (χ0) is 23.3. The normalized spacial score (nSPS) is 13.3. The van der Waals surface area contributed by atoms with Crippen molar-refractivity contribution in [3.8, 4) is 22.6 Å². The number of hydrogen-bond donors (Lipinski definition) is 2. The summed E-state index contributed by atoms with van der Waals surface area (Å²) in [7, 11) is 3.94. The predicted molar refractivity (Wildman–Crippen MR) is 128 cm³/mol. The van der Waals surface area contributed by atoms with E-state index in [-0.39, 0.29) is 22.1 Å². The molecule has 0 radical (unpaired) electrons. The van der Waals surface area contributed by atoms with Crippen LogP contribution in [0.4, 0.5) is 11.4 Å². The van der Waals surface area contributed by atoms with Gasteiger partial charge in [0.05, 0.1) is 10.3 Å². The van der Waals surface area contributed by atoms with Crippen molar-refractivity contribution >= 4 is 11.4 Å². The highest BCUT2D eigenvalue weighted by molar-refractivity contribution is 5.88. The van der Waals surface area contributed by atoms with Gasteiger partial charge in [0.1, 0.15) is 11.5 Å². The van der Waals surface area contributed by atoms with Gasteiger partial charge >= 0.3 is 0 Å². The smallest absolute Gasteiger partial charge is 0.269 e. The van der Waals surface area contributed by atoms with Crippen LogP contribution in [-0.4, -0.2) is 29.2 Å². The Morgan fingerprint density at radius 3 is 1.70 bits per heavy atom. The van der Waals surface area contributed by atoms with Crippen molar-refractivity contribution in [1.82, 2.24) is 0 Å². The zero-order valence-corrected chi connectivity index (χ0v) is 18.2. The van der Waals surface area contributed by atoms with E-state index in [1.54, 1.807) is 30.3 Å². The summed E-state index contributed by atoms with van der Waals surface area (Å²) in [5, 5.41) is 31.7. The third-order valence-corrected chi connectivity index (χ3v) is 6.43. The lowest BCUT2D eigenvalue weighted by molar-refractivity contribution is -0.384. The van der Waals surface area contributed by atoms with Crippen molar-refractivity contribution in [3.63, 3.8) is 0 Å². The van der Waals surface area contributed by atoms with Gasteiger partial charge in [-0.25, -0.2) is 0 Å². The molecule has 0 bridgehead atoms. The summed E-state index contributed by atoms with van der Waals surface area (Å²) in [5.41, 5.74) is 5.55. The fourth-order valence-electron chi connectivity index (χ4n) is 4.90. The molecule has 0 heterocycles. The topological polar surface area (TPSA) is 86.8 Å². The van der Waals surface area contributed by atoms with Crippen molar-refractivity contribution in [2.24, 2.45) is 0 Å². The highest BCUT2D eigenvalue weighted by Gasteiger charge is 2.47. The van der Waals surface area contributed by atoms with E-state index in [0.29, 0.717) is 0 Å².